The van der Waals surface area contributed by atoms with Gasteiger partial charge in [-0.1, -0.05) is 12.1 Å². The van der Waals surface area contributed by atoms with Gasteiger partial charge in [-0.05, 0) is 19.1 Å². The number of thiazole rings is 1. The highest BCUT2D eigenvalue weighted by Gasteiger charge is 2.11. The SMILES string of the molecule is Cc1nc(C(=O)Nc2ccccc2F)cs1. The molecule has 1 aromatic heterocycles. The lowest BCUT2D eigenvalue weighted by Crippen LogP contribution is -2.13. The molecule has 3 nitrogen and oxygen atoms in total. The summed E-state index contributed by atoms with van der Waals surface area (Å²) in [6.07, 6.45) is 0. The molecule has 1 aromatic carbocycles. The van der Waals surface area contributed by atoms with Crippen molar-refractivity contribution in [1.82, 2.24) is 4.98 Å². The monoisotopic (exact) mass is 236 g/mol. The van der Waals surface area contributed by atoms with Gasteiger partial charge in [0.25, 0.3) is 5.91 Å². The highest BCUT2D eigenvalue weighted by molar-refractivity contribution is 7.09. The van der Waals surface area contributed by atoms with Crippen LogP contribution in [0, 0.1) is 12.7 Å². The summed E-state index contributed by atoms with van der Waals surface area (Å²) >= 11 is 1.38. The molecule has 0 unspecified atom stereocenters. The van der Waals surface area contributed by atoms with Crippen LogP contribution in [0.15, 0.2) is 29.6 Å². The first-order valence-electron chi connectivity index (χ1n) is 4.65. The second-order valence-corrected chi connectivity index (χ2v) is 4.25. The standard InChI is InChI=1S/C11H9FN2OS/c1-7-13-10(6-16-7)11(15)14-9-5-3-2-4-8(9)12/h2-6H,1H3,(H,14,15). The molecular weight excluding hydrogens is 227 g/mol. The van der Waals surface area contributed by atoms with Crippen LogP contribution in [0.5, 0.6) is 0 Å². The average Bonchev–Trinajstić information content (AvgIpc) is 2.68. The van der Waals surface area contributed by atoms with E-state index in [0.717, 1.165) is 5.01 Å². The third kappa shape index (κ3) is 2.25. The van der Waals surface area contributed by atoms with Gasteiger partial charge in [-0.25, -0.2) is 9.37 Å². The van der Waals surface area contributed by atoms with Crippen molar-refractivity contribution in [3.05, 3.63) is 46.2 Å². The van der Waals surface area contributed by atoms with Crippen molar-refractivity contribution < 1.29 is 9.18 Å². The van der Waals surface area contributed by atoms with Gasteiger partial charge in [-0.3, -0.25) is 4.79 Å². The van der Waals surface area contributed by atoms with Crippen molar-refractivity contribution >= 4 is 22.9 Å². The molecule has 0 atom stereocenters. The number of aryl methyl sites for hydroxylation is 1. The Morgan fingerprint density at radius 1 is 1.44 bits per heavy atom. The molecule has 0 fully saturated rings. The average molecular weight is 236 g/mol. The quantitative estimate of drug-likeness (QED) is 0.871. The molecule has 0 aliphatic heterocycles. The van der Waals surface area contributed by atoms with Gasteiger partial charge in [-0.15, -0.1) is 11.3 Å². The molecule has 0 aliphatic rings. The number of nitrogens with one attached hydrogen (secondary N) is 1. The van der Waals surface area contributed by atoms with Crippen molar-refractivity contribution in [2.45, 2.75) is 6.92 Å². The number of aromatic nitrogens is 1. The van der Waals surface area contributed by atoms with E-state index < -0.39 is 11.7 Å². The maximum absolute atomic E-state index is 13.2. The minimum absolute atomic E-state index is 0.165. The Bertz CT molecular complexity index is 524. The Labute approximate surface area is 96.0 Å². The number of benzene rings is 1. The van der Waals surface area contributed by atoms with Crippen molar-refractivity contribution in [1.29, 1.82) is 0 Å². The predicted octanol–water partition coefficient (Wildman–Crippen LogP) is 2.84. The van der Waals surface area contributed by atoms with E-state index in [0.29, 0.717) is 5.69 Å². The third-order valence-corrected chi connectivity index (χ3v) is 2.75. The van der Waals surface area contributed by atoms with Crippen molar-refractivity contribution in [2.75, 3.05) is 5.32 Å². The molecule has 0 spiro atoms. The van der Waals surface area contributed by atoms with Crippen LogP contribution in [0.1, 0.15) is 15.5 Å². The van der Waals surface area contributed by atoms with E-state index in [4.69, 9.17) is 0 Å². The highest BCUT2D eigenvalue weighted by atomic mass is 32.1. The number of nitrogens with zero attached hydrogens (tertiary/aromatic N) is 1. The number of halogens is 1. The number of carbonyl (C=O) groups excluding carboxylic acids is 1. The summed E-state index contributed by atoms with van der Waals surface area (Å²) in [5.74, 6) is -0.850. The Balaban J connectivity index is 2.17. The largest absolute Gasteiger partial charge is 0.318 e. The van der Waals surface area contributed by atoms with E-state index in [9.17, 15) is 9.18 Å². The van der Waals surface area contributed by atoms with Crippen LogP contribution in [0.25, 0.3) is 0 Å². The molecule has 16 heavy (non-hydrogen) atoms. The van der Waals surface area contributed by atoms with Crippen molar-refractivity contribution in [2.24, 2.45) is 0 Å². The molecule has 1 heterocycles. The molecule has 1 amide bonds. The zero-order chi connectivity index (χ0) is 11.5. The van der Waals surface area contributed by atoms with Crippen LogP contribution in [-0.4, -0.2) is 10.9 Å². The molecular formula is C11H9FN2OS. The van der Waals surface area contributed by atoms with Gasteiger partial charge in [0.1, 0.15) is 11.5 Å². The molecule has 82 valence electrons. The summed E-state index contributed by atoms with van der Waals surface area (Å²) in [7, 11) is 0. The van der Waals surface area contributed by atoms with Crippen molar-refractivity contribution in [3.8, 4) is 0 Å². The van der Waals surface area contributed by atoms with Crippen LogP contribution in [-0.2, 0) is 0 Å². The van der Waals surface area contributed by atoms with E-state index in [1.54, 1.807) is 17.5 Å². The minimum atomic E-state index is -0.456. The number of amides is 1. The van der Waals surface area contributed by atoms with E-state index in [-0.39, 0.29) is 5.69 Å². The number of anilines is 1. The lowest BCUT2D eigenvalue weighted by Gasteiger charge is -2.03. The van der Waals surface area contributed by atoms with Gasteiger partial charge < -0.3 is 5.32 Å². The summed E-state index contributed by atoms with van der Waals surface area (Å²) < 4.78 is 13.2. The van der Waals surface area contributed by atoms with Crippen LogP contribution < -0.4 is 5.32 Å². The zero-order valence-electron chi connectivity index (χ0n) is 8.53. The molecule has 1 N–H and O–H groups in total. The summed E-state index contributed by atoms with van der Waals surface area (Å²) in [4.78, 5) is 15.7. The van der Waals surface area contributed by atoms with Crippen molar-refractivity contribution in [3.63, 3.8) is 0 Å². The third-order valence-electron chi connectivity index (χ3n) is 1.97. The fourth-order valence-electron chi connectivity index (χ4n) is 1.22. The number of rotatable bonds is 2. The summed E-state index contributed by atoms with van der Waals surface area (Å²) in [6, 6.07) is 6.03. The molecule has 0 saturated heterocycles. The summed E-state index contributed by atoms with van der Waals surface area (Å²) in [6.45, 7) is 1.81. The number of carbonyl (C=O) groups is 1. The van der Waals surface area contributed by atoms with E-state index >= 15 is 0 Å². The lowest BCUT2D eigenvalue weighted by atomic mass is 10.3. The fraction of sp³-hybridized carbons (Fsp3) is 0.0909. The normalized spacial score (nSPS) is 10.1. The van der Waals surface area contributed by atoms with Gasteiger partial charge in [0.05, 0.1) is 10.7 Å². The second-order valence-electron chi connectivity index (χ2n) is 3.19. The smallest absolute Gasteiger partial charge is 0.275 e. The molecule has 0 saturated carbocycles. The first kappa shape index (κ1) is 10.8. The van der Waals surface area contributed by atoms with Gasteiger partial charge in [0.15, 0.2) is 0 Å². The fourth-order valence-corrected chi connectivity index (χ4v) is 1.81. The number of para-hydroxylation sites is 1. The van der Waals surface area contributed by atoms with Gasteiger partial charge in [0.2, 0.25) is 0 Å². The van der Waals surface area contributed by atoms with E-state index in [2.05, 4.69) is 10.3 Å². The van der Waals surface area contributed by atoms with Gasteiger partial charge >= 0.3 is 0 Å². The molecule has 0 bridgehead atoms. The van der Waals surface area contributed by atoms with Crippen LogP contribution in [0.4, 0.5) is 10.1 Å². The first-order valence-corrected chi connectivity index (χ1v) is 5.53. The number of hydrogen-bond donors (Lipinski definition) is 1. The Morgan fingerprint density at radius 3 is 2.81 bits per heavy atom. The topological polar surface area (TPSA) is 42.0 Å². The minimum Gasteiger partial charge on any atom is -0.318 e. The summed E-state index contributed by atoms with van der Waals surface area (Å²) in [5, 5.41) is 4.92. The maximum Gasteiger partial charge on any atom is 0.275 e. The molecule has 0 radical (unpaired) electrons. The Kier molecular flexibility index (Phi) is 2.96. The van der Waals surface area contributed by atoms with E-state index in [1.165, 1.54) is 23.5 Å². The first-order chi connectivity index (χ1) is 7.66. The molecule has 0 aliphatic carbocycles. The van der Waals surface area contributed by atoms with Gasteiger partial charge in [0, 0.05) is 5.38 Å². The molecule has 2 aromatic rings. The lowest BCUT2D eigenvalue weighted by molar-refractivity contribution is 0.102. The van der Waals surface area contributed by atoms with E-state index in [1.807, 2.05) is 6.92 Å². The Hall–Kier alpha value is -1.75. The highest BCUT2D eigenvalue weighted by Crippen LogP contribution is 2.15. The van der Waals surface area contributed by atoms with Gasteiger partial charge in [-0.2, -0.15) is 0 Å². The van der Waals surface area contributed by atoms with Crippen LogP contribution >= 0.6 is 11.3 Å². The second kappa shape index (κ2) is 4.40. The molecule has 5 heteroatoms. The Morgan fingerprint density at radius 2 is 2.19 bits per heavy atom. The zero-order valence-corrected chi connectivity index (χ0v) is 9.34. The van der Waals surface area contributed by atoms with Crippen LogP contribution in [0.3, 0.4) is 0 Å². The maximum atomic E-state index is 13.2. The predicted molar refractivity (Wildman–Crippen MR) is 61.2 cm³/mol. The summed E-state index contributed by atoms with van der Waals surface area (Å²) in [5.41, 5.74) is 0.476. The number of hydrogen-bond acceptors (Lipinski definition) is 3. The van der Waals surface area contributed by atoms with Crippen LogP contribution in [0.2, 0.25) is 0 Å². The molecule has 2 rings (SSSR count).